The first kappa shape index (κ1) is 18.3. The summed E-state index contributed by atoms with van der Waals surface area (Å²) in [7, 11) is 1.52. The third-order valence-corrected chi connectivity index (χ3v) is 5.72. The SMILES string of the molecule is C/C=C1\C2C=C(C)C[C@@]1(N=Cc1ccc(OC)c(O)c1)c1ccc(=O)[nH]c1C2. The van der Waals surface area contributed by atoms with Crippen molar-refractivity contribution in [3.63, 3.8) is 0 Å². The minimum Gasteiger partial charge on any atom is -0.504 e. The molecule has 0 fully saturated rings. The van der Waals surface area contributed by atoms with E-state index in [2.05, 4.69) is 31.0 Å². The van der Waals surface area contributed by atoms with E-state index in [9.17, 15) is 9.90 Å². The number of aromatic nitrogens is 1. The highest BCUT2D eigenvalue weighted by Crippen LogP contribution is 2.51. The molecule has 1 heterocycles. The third-order valence-electron chi connectivity index (χ3n) is 5.72. The topological polar surface area (TPSA) is 74.7 Å². The summed E-state index contributed by atoms with van der Waals surface area (Å²) in [5.74, 6) is 0.744. The number of methoxy groups -OCH3 is 1. The van der Waals surface area contributed by atoms with E-state index in [-0.39, 0.29) is 17.2 Å². The molecule has 144 valence electrons. The van der Waals surface area contributed by atoms with E-state index in [1.807, 2.05) is 12.1 Å². The van der Waals surface area contributed by atoms with Crippen LogP contribution in [0.25, 0.3) is 0 Å². The van der Waals surface area contributed by atoms with Gasteiger partial charge in [-0.3, -0.25) is 9.79 Å². The summed E-state index contributed by atoms with van der Waals surface area (Å²) in [6.45, 7) is 4.19. The van der Waals surface area contributed by atoms with Gasteiger partial charge in [0.15, 0.2) is 11.5 Å². The molecule has 2 aliphatic rings. The molecule has 0 spiro atoms. The molecule has 4 rings (SSSR count). The minimum absolute atomic E-state index is 0.0827. The molecular weight excluding hydrogens is 352 g/mol. The van der Waals surface area contributed by atoms with Crippen molar-refractivity contribution in [1.82, 2.24) is 4.98 Å². The number of nitrogens with one attached hydrogen (secondary N) is 1. The summed E-state index contributed by atoms with van der Waals surface area (Å²) in [6.07, 6.45) is 7.80. The van der Waals surface area contributed by atoms with E-state index in [0.29, 0.717) is 5.75 Å². The van der Waals surface area contributed by atoms with Gasteiger partial charge in [-0.1, -0.05) is 17.7 Å². The maximum absolute atomic E-state index is 11.9. The normalized spacial score (nSPS) is 24.9. The summed E-state index contributed by atoms with van der Waals surface area (Å²) < 4.78 is 5.12. The zero-order chi connectivity index (χ0) is 19.9. The molecule has 1 unspecified atom stereocenters. The monoisotopic (exact) mass is 376 g/mol. The predicted octanol–water partition coefficient (Wildman–Crippen LogP) is 3.87. The lowest BCUT2D eigenvalue weighted by Crippen LogP contribution is -2.40. The van der Waals surface area contributed by atoms with Crippen LogP contribution in [0.2, 0.25) is 0 Å². The van der Waals surface area contributed by atoms with Crippen LogP contribution >= 0.6 is 0 Å². The summed E-state index contributed by atoms with van der Waals surface area (Å²) in [5, 5.41) is 10.1. The number of ether oxygens (including phenoxy) is 1. The lowest BCUT2D eigenvalue weighted by atomic mass is 9.63. The summed E-state index contributed by atoms with van der Waals surface area (Å²) >= 11 is 0. The summed E-state index contributed by atoms with van der Waals surface area (Å²) in [4.78, 5) is 20.0. The molecule has 1 aromatic carbocycles. The van der Waals surface area contributed by atoms with Crippen LogP contribution < -0.4 is 10.3 Å². The van der Waals surface area contributed by atoms with Crippen molar-refractivity contribution in [2.24, 2.45) is 10.9 Å². The second kappa shape index (κ2) is 6.82. The van der Waals surface area contributed by atoms with E-state index in [1.165, 1.54) is 18.3 Å². The molecule has 28 heavy (non-hydrogen) atoms. The molecule has 0 saturated carbocycles. The summed E-state index contributed by atoms with van der Waals surface area (Å²) in [5.41, 5.74) is 4.74. The zero-order valence-electron chi connectivity index (χ0n) is 16.3. The number of pyridine rings is 1. The molecule has 5 nitrogen and oxygen atoms in total. The number of phenolic OH excluding ortho intramolecular Hbond substituents is 1. The predicted molar refractivity (Wildman–Crippen MR) is 110 cm³/mol. The Labute approximate surface area is 164 Å². The summed E-state index contributed by atoms with van der Waals surface area (Å²) in [6, 6.07) is 8.74. The van der Waals surface area contributed by atoms with Gasteiger partial charge in [-0.15, -0.1) is 0 Å². The number of nitrogens with zero attached hydrogens (tertiary/aromatic N) is 1. The van der Waals surface area contributed by atoms with Crippen LogP contribution in [0.3, 0.4) is 0 Å². The Morgan fingerprint density at radius 3 is 2.86 bits per heavy atom. The van der Waals surface area contributed by atoms with Gasteiger partial charge in [0.2, 0.25) is 5.56 Å². The maximum Gasteiger partial charge on any atom is 0.248 e. The fraction of sp³-hybridized carbons (Fsp3) is 0.304. The van der Waals surface area contributed by atoms with E-state index in [0.717, 1.165) is 29.7 Å². The van der Waals surface area contributed by atoms with Crippen molar-refractivity contribution in [3.05, 3.63) is 80.8 Å². The Morgan fingerprint density at radius 1 is 1.32 bits per heavy atom. The van der Waals surface area contributed by atoms with Crippen LogP contribution in [0.5, 0.6) is 11.5 Å². The molecule has 0 saturated heterocycles. The Kier molecular flexibility index (Phi) is 4.46. The van der Waals surface area contributed by atoms with E-state index < -0.39 is 5.54 Å². The van der Waals surface area contributed by atoms with Gasteiger partial charge >= 0.3 is 0 Å². The highest BCUT2D eigenvalue weighted by Gasteiger charge is 2.46. The Bertz CT molecular complexity index is 1080. The number of hydrogen-bond donors (Lipinski definition) is 2. The van der Waals surface area contributed by atoms with Crippen LogP contribution in [0.4, 0.5) is 0 Å². The molecule has 2 aromatic rings. The second-order valence-electron chi connectivity index (χ2n) is 7.51. The highest BCUT2D eigenvalue weighted by atomic mass is 16.5. The largest absolute Gasteiger partial charge is 0.504 e. The third kappa shape index (κ3) is 2.87. The van der Waals surface area contributed by atoms with Crippen LogP contribution in [-0.2, 0) is 12.0 Å². The Morgan fingerprint density at radius 2 is 2.14 bits per heavy atom. The smallest absolute Gasteiger partial charge is 0.248 e. The van der Waals surface area contributed by atoms with E-state index in [1.54, 1.807) is 24.4 Å². The lowest BCUT2D eigenvalue weighted by molar-refractivity contribution is 0.373. The number of fused-ring (bicyclic) bond motifs is 4. The number of aromatic amines is 1. The standard InChI is InChI=1S/C23H24N2O3/c1-4-17-16-9-14(2)12-23(17,18-6-8-22(27)25-19(18)11-16)24-13-15-5-7-21(28-3)20(26)10-15/h4-10,13,16,26H,11-12H2,1-3H3,(H,25,27)/b17-4+,24-13?/t16?,23-/m0/s1. The second-order valence-corrected chi connectivity index (χ2v) is 7.51. The fourth-order valence-corrected chi connectivity index (χ4v) is 4.62. The van der Waals surface area contributed by atoms with Crippen LogP contribution in [-0.4, -0.2) is 23.4 Å². The average Bonchev–Trinajstić information content (AvgIpc) is 2.65. The molecule has 0 aliphatic heterocycles. The minimum atomic E-state index is -0.536. The number of hydrogen-bond acceptors (Lipinski definition) is 4. The van der Waals surface area contributed by atoms with Gasteiger partial charge < -0.3 is 14.8 Å². The molecule has 5 heteroatoms. The van der Waals surface area contributed by atoms with Crippen molar-refractivity contribution in [1.29, 1.82) is 0 Å². The van der Waals surface area contributed by atoms with Gasteiger partial charge in [-0.25, -0.2) is 0 Å². The first-order valence-electron chi connectivity index (χ1n) is 9.45. The number of phenols is 1. The van der Waals surface area contributed by atoms with Gasteiger partial charge in [-0.2, -0.15) is 0 Å². The van der Waals surface area contributed by atoms with Crippen molar-refractivity contribution in [2.45, 2.75) is 32.2 Å². The van der Waals surface area contributed by atoms with Crippen LogP contribution in [0, 0.1) is 5.92 Å². The fourth-order valence-electron chi connectivity index (χ4n) is 4.62. The number of allylic oxidation sites excluding steroid dienone is 2. The lowest BCUT2D eigenvalue weighted by Gasteiger charge is -2.45. The molecule has 0 radical (unpaired) electrons. The number of H-pyrrole nitrogens is 1. The Balaban J connectivity index is 1.87. The number of benzene rings is 1. The van der Waals surface area contributed by atoms with E-state index >= 15 is 0 Å². The van der Waals surface area contributed by atoms with Crippen molar-refractivity contribution in [3.8, 4) is 11.5 Å². The molecule has 0 amide bonds. The van der Waals surface area contributed by atoms with Gasteiger partial charge in [0.05, 0.1) is 7.11 Å². The number of rotatable bonds is 3. The van der Waals surface area contributed by atoms with Gasteiger partial charge in [-0.05, 0) is 55.7 Å². The maximum atomic E-state index is 11.9. The molecule has 2 aliphatic carbocycles. The molecule has 2 atom stereocenters. The molecule has 2 N–H and O–H groups in total. The molecule has 1 aromatic heterocycles. The average molecular weight is 376 g/mol. The zero-order valence-corrected chi connectivity index (χ0v) is 16.3. The van der Waals surface area contributed by atoms with E-state index in [4.69, 9.17) is 9.73 Å². The van der Waals surface area contributed by atoms with Crippen molar-refractivity contribution >= 4 is 6.21 Å². The molecule has 2 bridgehead atoms. The number of aliphatic imine (C=N–C) groups is 1. The first-order chi connectivity index (χ1) is 13.5. The first-order valence-corrected chi connectivity index (χ1v) is 9.45. The van der Waals surface area contributed by atoms with Gasteiger partial charge in [0.1, 0.15) is 5.54 Å². The highest BCUT2D eigenvalue weighted by molar-refractivity contribution is 5.82. The van der Waals surface area contributed by atoms with Crippen molar-refractivity contribution < 1.29 is 9.84 Å². The van der Waals surface area contributed by atoms with Crippen LogP contribution in [0.1, 0.15) is 37.1 Å². The quantitative estimate of drug-likeness (QED) is 0.631. The molecular formula is C23H24N2O3. The van der Waals surface area contributed by atoms with Crippen LogP contribution in [0.15, 0.2) is 63.4 Å². The Hall–Kier alpha value is -3.08. The van der Waals surface area contributed by atoms with Crippen molar-refractivity contribution in [2.75, 3.05) is 7.11 Å². The van der Waals surface area contributed by atoms with Gasteiger partial charge in [0, 0.05) is 35.9 Å². The number of aromatic hydroxyl groups is 1. The van der Waals surface area contributed by atoms with Gasteiger partial charge in [0.25, 0.3) is 0 Å².